The highest BCUT2D eigenvalue weighted by Crippen LogP contribution is 2.29. The van der Waals surface area contributed by atoms with E-state index in [0.717, 1.165) is 34.8 Å². The van der Waals surface area contributed by atoms with Crippen molar-refractivity contribution in [1.29, 1.82) is 0 Å². The first-order chi connectivity index (χ1) is 9.79. The molecule has 1 fully saturated rings. The molecule has 2 aromatic rings. The average molecular weight is 334 g/mol. The summed E-state index contributed by atoms with van der Waals surface area (Å²) in [4.78, 5) is 8.36. The molecule has 0 radical (unpaired) electrons. The van der Waals surface area contributed by atoms with Crippen LogP contribution in [0.25, 0.3) is 0 Å². The quantitative estimate of drug-likeness (QED) is 0.876. The van der Waals surface area contributed by atoms with Gasteiger partial charge in [-0.3, -0.25) is 4.98 Å². The first-order valence-corrected chi connectivity index (χ1v) is 7.51. The average Bonchev–Trinajstić information content (AvgIpc) is 3.28. The third-order valence-electron chi connectivity index (χ3n) is 3.16. The van der Waals surface area contributed by atoms with Crippen molar-refractivity contribution in [1.82, 2.24) is 9.97 Å². The van der Waals surface area contributed by atoms with E-state index >= 15 is 0 Å². The van der Waals surface area contributed by atoms with E-state index < -0.39 is 0 Å². The fraction of sp³-hybridized carbons (Fsp3) is 0.333. The molecule has 0 unspecified atom stereocenters. The van der Waals surface area contributed by atoms with Crippen LogP contribution in [0.2, 0.25) is 0 Å². The zero-order valence-electron chi connectivity index (χ0n) is 11.1. The van der Waals surface area contributed by atoms with Crippen LogP contribution in [-0.4, -0.2) is 16.6 Å². The van der Waals surface area contributed by atoms with Gasteiger partial charge in [0.2, 0.25) is 5.88 Å². The van der Waals surface area contributed by atoms with Crippen molar-refractivity contribution in [2.45, 2.75) is 19.4 Å². The highest BCUT2D eigenvalue weighted by atomic mass is 79.9. The number of rotatable bonds is 6. The van der Waals surface area contributed by atoms with Gasteiger partial charge in [0.1, 0.15) is 0 Å². The first-order valence-electron chi connectivity index (χ1n) is 6.72. The molecule has 1 aliphatic carbocycles. The molecule has 0 atom stereocenters. The van der Waals surface area contributed by atoms with Crippen molar-refractivity contribution in [3.8, 4) is 5.88 Å². The number of halogens is 1. The van der Waals surface area contributed by atoms with Crippen molar-refractivity contribution in [3.05, 3.63) is 46.8 Å². The summed E-state index contributed by atoms with van der Waals surface area (Å²) in [6, 6.07) is 5.97. The molecule has 0 aromatic carbocycles. The second kappa shape index (κ2) is 6.22. The van der Waals surface area contributed by atoms with Crippen molar-refractivity contribution in [3.63, 3.8) is 0 Å². The van der Waals surface area contributed by atoms with Crippen LogP contribution in [0.1, 0.15) is 18.4 Å². The minimum atomic E-state index is 0.712. The van der Waals surface area contributed by atoms with E-state index in [1.165, 1.54) is 12.8 Å². The Kier molecular flexibility index (Phi) is 4.16. The lowest BCUT2D eigenvalue weighted by molar-refractivity contribution is 0.288. The summed E-state index contributed by atoms with van der Waals surface area (Å²) in [5, 5.41) is 3.33. The van der Waals surface area contributed by atoms with Gasteiger partial charge in [0.05, 0.1) is 18.5 Å². The molecular weight excluding hydrogens is 318 g/mol. The van der Waals surface area contributed by atoms with Gasteiger partial charge in [-0.1, -0.05) is 0 Å². The van der Waals surface area contributed by atoms with Crippen LogP contribution < -0.4 is 10.1 Å². The molecule has 1 saturated carbocycles. The molecule has 0 saturated heterocycles. The molecule has 0 aliphatic heterocycles. The minimum absolute atomic E-state index is 0.712. The highest BCUT2D eigenvalue weighted by molar-refractivity contribution is 9.10. The monoisotopic (exact) mass is 333 g/mol. The Bertz CT molecular complexity index is 587. The molecular formula is C15H16BrN3O. The van der Waals surface area contributed by atoms with Gasteiger partial charge in [-0.2, -0.15) is 0 Å². The second-order valence-corrected chi connectivity index (χ2v) is 5.92. The summed E-state index contributed by atoms with van der Waals surface area (Å²) in [6.07, 6.45) is 7.94. The van der Waals surface area contributed by atoms with Crippen LogP contribution in [-0.2, 0) is 6.54 Å². The Morgan fingerprint density at radius 3 is 3.00 bits per heavy atom. The SMILES string of the molecule is Brc1cncc(NCc2ccnc(OCC3CC3)c2)c1. The standard InChI is InChI=1S/C15H16BrN3O/c16-13-6-14(9-17-8-13)19-7-12-3-4-18-15(5-12)20-10-11-1-2-11/h3-6,8-9,11,19H,1-2,7,10H2. The van der Waals surface area contributed by atoms with E-state index in [9.17, 15) is 0 Å². The third kappa shape index (κ3) is 3.93. The topological polar surface area (TPSA) is 47.0 Å². The first kappa shape index (κ1) is 13.4. The van der Waals surface area contributed by atoms with Crippen LogP contribution in [0.5, 0.6) is 5.88 Å². The van der Waals surface area contributed by atoms with Crippen molar-refractivity contribution >= 4 is 21.6 Å². The molecule has 0 spiro atoms. The molecule has 1 aliphatic rings. The van der Waals surface area contributed by atoms with Gasteiger partial charge < -0.3 is 10.1 Å². The van der Waals surface area contributed by atoms with E-state index in [4.69, 9.17) is 4.74 Å². The largest absolute Gasteiger partial charge is 0.477 e. The number of hydrogen-bond acceptors (Lipinski definition) is 4. The number of ether oxygens (including phenoxy) is 1. The van der Waals surface area contributed by atoms with E-state index in [1.807, 2.05) is 18.2 Å². The Morgan fingerprint density at radius 1 is 1.30 bits per heavy atom. The maximum atomic E-state index is 5.68. The summed E-state index contributed by atoms with van der Waals surface area (Å²) < 4.78 is 6.65. The Balaban J connectivity index is 1.57. The normalized spacial score (nSPS) is 14.1. The summed E-state index contributed by atoms with van der Waals surface area (Å²) in [7, 11) is 0. The van der Waals surface area contributed by atoms with Gasteiger partial charge in [0, 0.05) is 29.5 Å². The van der Waals surface area contributed by atoms with E-state index in [2.05, 4.69) is 31.2 Å². The number of nitrogens with one attached hydrogen (secondary N) is 1. The number of aromatic nitrogens is 2. The Morgan fingerprint density at radius 2 is 2.20 bits per heavy atom. The van der Waals surface area contributed by atoms with Crippen molar-refractivity contribution in [2.24, 2.45) is 5.92 Å². The fourth-order valence-corrected chi connectivity index (χ4v) is 2.20. The van der Waals surface area contributed by atoms with E-state index in [-0.39, 0.29) is 0 Å². The zero-order valence-corrected chi connectivity index (χ0v) is 12.6. The lowest BCUT2D eigenvalue weighted by Gasteiger charge is -2.08. The molecule has 104 valence electrons. The Hall–Kier alpha value is -1.62. The summed E-state index contributed by atoms with van der Waals surface area (Å²) in [5.74, 6) is 1.45. The van der Waals surface area contributed by atoms with Crippen LogP contribution in [0, 0.1) is 5.92 Å². The maximum Gasteiger partial charge on any atom is 0.213 e. The molecule has 0 bridgehead atoms. The fourth-order valence-electron chi connectivity index (χ4n) is 1.84. The van der Waals surface area contributed by atoms with Gasteiger partial charge in [0.15, 0.2) is 0 Å². The molecule has 0 amide bonds. The van der Waals surface area contributed by atoms with Gasteiger partial charge in [-0.15, -0.1) is 0 Å². The van der Waals surface area contributed by atoms with Crippen LogP contribution in [0.4, 0.5) is 5.69 Å². The number of pyridine rings is 2. The number of hydrogen-bond donors (Lipinski definition) is 1. The highest BCUT2D eigenvalue weighted by Gasteiger charge is 2.22. The lowest BCUT2D eigenvalue weighted by Crippen LogP contribution is -2.03. The second-order valence-electron chi connectivity index (χ2n) is 5.00. The predicted octanol–water partition coefficient (Wildman–Crippen LogP) is 3.64. The van der Waals surface area contributed by atoms with Gasteiger partial charge >= 0.3 is 0 Å². The molecule has 1 N–H and O–H groups in total. The molecule has 4 nitrogen and oxygen atoms in total. The van der Waals surface area contributed by atoms with Crippen LogP contribution >= 0.6 is 15.9 Å². The van der Waals surface area contributed by atoms with Gasteiger partial charge in [0.25, 0.3) is 0 Å². The Labute approximate surface area is 126 Å². The smallest absolute Gasteiger partial charge is 0.213 e. The maximum absolute atomic E-state index is 5.68. The summed E-state index contributed by atoms with van der Waals surface area (Å²) in [5.41, 5.74) is 2.13. The van der Waals surface area contributed by atoms with Crippen LogP contribution in [0.15, 0.2) is 41.3 Å². The van der Waals surface area contributed by atoms with Gasteiger partial charge in [-0.05, 0) is 52.4 Å². The van der Waals surface area contributed by atoms with Crippen molar-refractivity contribution in [2.75, 3.05) is 11.9 Å². The number of anilines is 1. The molecule has 2 heterocycles. The van der Waals surface area contributed by atoms with E-state index in [1.54, 1.807) is 18.6 Å². The molecule has 5 heteroatoms. The predicted molar refractivity (Wildman–Crippen MR) is 81.7 cm³/mol. The van der Waals surface area contributed by atoms with Crippen LogP contribution in [0.3, 0.4) is 0 Å². The van der Waals surface area contributed by atoms with Crippen molar-refractivity contribution < 1.29 is 4.74 Å². The summed E-state index contributed by atoms with van der Waals surface area (Å²) in [6.45, 7) is 1.51. The third-order valence-corrected chi connectivity index (χ3v) is 3.60. The lowest BCUT2D eigenvalue weighted by atomic mass is 10.2. The minimum Gasteiger partial charge on any atom is -0.477 e. The van der Waals surface area contributed by atoms with Gasteiger partial charge in [-0.25, -0.2) is 4.98 Å². The number of nitrogens with zero attached hydrogens (tertiary/aromatic N) is 2. The molecule has 2 aromatic heterocycles. The molecule has 3 rings (SSSR count). The zero-order chi connectivity index (χ0) is 13.8. The molecule has 20 heavy (non-hydrogen) atoms. The van der Waals surface area contributed by atoms with E-state index in [0.29, 0.717) is 5.88 Å². The summed E-state index contributed by atoms with van der Waals surface area (Å²) >= 11 is 3.41.